The van der Waals surface area contributed by atoms with E-state index in [4.69, 9.17) is 11.6 Å². The summed E-state index contributed by atoms with van der Waals surface area (Å²) < 4.78 is 0. The maximum absolute atomic E-state index is 13.0. The summed E-state index contributed by atoms with van der Waals surface area (Å²) in [7, 11) is 0. The predicted octanol–water partition coefficient (Wildman–Crippen LogP) is 4.25. The third-order valence-electron chi connectivity index (χ3n) is 4.89. The maximum atomic E-state index is 13.0. The molecule has 1 amide bonds. The first kappa shape index (κ1) is 18.4. The van der Waals surface area contributed by atoms with Gasteiger partial charge >= 0.3 is 0 Å². The van der Waals surface area contributed by atoms with Crippen molar-refractivity contribution in [2.75, 3.05) is 11.9 Å². The van der Waals surface area contributed by atoms with Gasteiger partial charge in [0, 0.05) is 30.4 Å². The molecule has 0 unspecified atom stereocenters. The second-order valence-electron chi connectivity index (χ2n) is 6.91. The molecule has 28 heavy (non-hydrogen) atoms. The Labute approximate surface area is 169 Å². The van der Waals surface area contributed by atoms with Gasteiger partial charge in [0.2, 0.25) is 5.95 Å². The number of anilines is 1. The van der Waals surface area contributed by atoms with Gasteiger partial charge in [0.05, 0.1) is 0 Å². The highest BCUT2D eigenvalue weighted by Gasteiger charge is 2.23. The van der Waals surface area contributed by atoms with Crippen molar-refractivity contribution in [3.63, 3.8) is 0 Å². The van der Waals surface area contributed by atoms with Crippen LogP contribution in [-0.4, -0.2) is 27.3 Å². The number of nitrogens with zero attached hydrogens (tertiary/aromatic N) is 3. The van der Waals surface area contributed by atoms with Crippen molar-refractivity contribution >= 4 is 23.5 Å². The first-order chi connectivity index (χ1) is 13.6. The Kier molecular flexibility index (Phi) is 5.26. The van der Waals surface area contributed by atoms with Crippen LogP contribution in [-0.2, 0) is 19.5 Å². The fraction of sp³-hybridized carbons (Fsp3) is 0.227. The Hall–Kier alpha value is -2.92. The van der Waals surface area contributed by atoms with E-state index in [-0.39, 0.29) is 5.91 Å². The fourth-order valence-corrected chi connectivity index (χ4v) is 3.61. The summed E-state index contributed by atoms with van der Waals surface area (Å²) in [5, 5.41) is 3.87. The lowest BCUT2D eigenvalue weighted by molar-refractivity contribution is 0.0728. The number of carbonyl (C=O) groups is 1. The molecule has 1 N–H and O–H groups in total. The smallest absolute Gasteiger partial charge is 0.272 e. The number of hydrogen-bond acceptors (Lipinski definition) is 4. The van der Waals surface area contributed by atoms with Gasteiger partial charge in [-0.05, 0) is 42.2 Å². The highest BCUT2D eigenvalue weighted by Crippen LogP contribution is 2.21. The van der Waals surface area contributed by atoms with Crippen molar-refractivity contribution in [3.8, 4) is 0 Å². The van der Waals surface area contributed by atoms with Crippen LogP contribution in [0.25, 0.3) is 0 Å². The van der Waals surface area contributed by atoms with Gasteiger partial charge in [0.25, 0.3) is 5.91 Å². The van der Waals surface area contributed by atoms with Crippen LogP contribution in [0.2, 0.25) is 5.02 Å². The van der Waals surface area contributed by atoms with Gasteiger partial charge in [-0.25, -0.2) is 9.97 Å². The largest absolute Gasteiger partial charge is 0.350 e. The highest BCUT2D eigenvalue weighted by atomic mass is 35.5. The third kappa shape index (κ3) is 3.99. The molecule has 0 saturated heterocycles. The molecule has 0 fully saturated rings. The zero-order valence-electron chi connectivity index (χ0n) is 15.7. The van der Waals surface area contributed by atoms with Crippen molar-refractivity contribution in [3.05, 3.63) is 87.7 Å². The number of carbonyl (C=O) groups excluding carboxylic acids is 1. The lowest BCUT2D eigenvalue weighted by Gasteiger charge is -2.28. The van der Waals surface area contributed by atoms with Gasteiger partial charge in [-0.1, -0.05) is 54.1 Å². The van der Waals surface area contributed by atoms with E-state index in [0.29, 0.717) is 36.3 Å². The molecule has 0 atom stereocenters. The molecule has 0 spiro atoms. The summed E-state index contributed by atoms with van der Waals surface area (Å²) in [6, 6.07) is 17.6. The third-order valence-corrected chi connectivity index (χ3v) is 5.25. The molecule has 0 aliphatic carbocycles. The van der Waals surface area contributed by atoms with Gasteiger partial charge in [0.1, 0.15) is 5.69 Å². The predicted molar refractivity (Wildman–Crippen MR) is 110 cm³/mol. The average Bonchev–Trinajstić information content (AvgIpc) is 2.72. The van der Waals surface area contributed by atoms with E-state index in [1.807, 2.05) is 48.2 Å². The standard InChI is InChI=1S/C22H21ClN4O/c1-15-12-20(21(28)27-11-10-16-6-2-3-8-18(16)14-27)26-22(25-15)24-13-17-7-4-5-9-19(17)23/h2-9,12H,10-11,13-14H2,1H3,(H,24,25,26). The molecule has 1 aromatic heterocycles. The molecule has 3 aromatic rings. The number of nitrogens with one attached hydrogen (secondary N) is 1. The molecular formula is C22H21ClN4O. The Bertz CT molecular complexity index is 1020. The van der Waals surface area contributed by atoms with Gasteiger partial charge in [-0.2, -0.15) is 0 Å². The van der Waals surface area contributed by atoms with Gasteiger partial charge < -0.3 is 10.2 Å². The van der Waals surface area contributed by atoms with Crippen LogP contribution in [0.5, 0.6) is 0 Å². The minimum absolute atomic E-state index is 0.0687. The second kappa shape index (κ2) is 7.98. The van der Waals surface area contributed by atoms with Gasteiger partial charge in [-0.3, -0.25) is 4.79 Å². The van der Waals surface area contributed by atoms with E-state index >= 15 is 0 Å². The lowest BCUT2D eigenvalue weighted by Crippen LogP contribution is -2.36. The van der Waals surface area contributed by atoms with Crippen molar-refractivity contribution < 1.29 is 4.79 Å². The van der Waals surface area contributed by atoms with Gasteiger partial charge in [-0.15, -0.1) is 0 Å². The SMILES string of the molecule is Cc1cc(C(=O)N2CCc3ccccc3C2)nc(NCc2ccccc2Cl)n1. The molecule has 6 heteroatoms. The maximum Gasteiger partial charge on any atom is 0.272 e. The van der Waals surface area contributed by atoms with Crippen LogP contribution in [0.15, 0.2) is 54.6 Å². The molecule has 1 aliphatic rings. The van der Waals surface area contributed by atoms with E-state index in [1.165, 1.54) is 11.1 Å². The summed E-state index contributed by atoms with van der Waals surface area (Å²) in [5.74, 6) is 0.362. The summed E-state index contributed by atoms with van der Waals surface area (Å²) in [5.41, 5.74) is 4.62. The number of hydrogen-bond donors (Lipinski definition) is 1. The Morgan fingerprint density at radius 1 is 1.11 bits per heavy atom. The quantitative estimate of drug-likeness (QED) is 0.721. The lowest BCUT2D eigenvalue weighted by atomic mass is 10.00. The van der Waals surface area contributed by atoms with Gasteiger partial charge in [0.15, 0.2) is 0 Å². The molecule has 0 saturated carbocycles. The summed E-state index contributed by atoms with van der Waals surface area (Å²) in [6.07, 6.45) is 0.865. The number of aryl methyl sites for hydroxylation is 1. The average molecular weight is 393 g/mol. The van der Waals surface area contributed by atoms with Crippen molar-refractivity contribution in [1.29, 1.82) is 0 Å². The van der Waals surface area contributed by atoms with Crippen LogP contribution in [0.1, 0.15) is 32.9 Å². The normalized spacial score (nSPS) is 13.1. The van der Waals surface area contributed by atoms with Crippen molar-refractivity contribution in [1.82, 2.24) is 14.9 Å². The van der Waals surface area contributed by atoms with E-state index in [1.54, 1.807) is 6.07 Å². The summed E-state index contributed by atoms with van der Waals surface area (Å²) >= 11 is 6.20. The van der Waals surface area contributed by atoms with Crippen LogP contribution in [0, 0.1) is 6.92 Å². The van der Waals surface area contributed by atoms with E-state index < -0.39 is 0 Å². The number of aromatic nitrogens is 2. The second-order valence-corrected chi connectivity index (χ2v) is 7.32. The molecule has 2 aromatic carbocycles. The van der Waals surface area contributed by atoms with Crippen LogP contribution in [0.3, 0.4) is 0 Å². The Balaban J connectivity index is 1.50. The number of fused-ring (bicyclic) bond motifs is 1. The minimum atomic E-state index is -0.0687. The molecule has 142 valence electrons. The van der Waals surface area contributed by atoms with Crippen LogP contribution in [0.4, 0.5) is 5.95 Å². The van der Waals surface area contributed by atoms with E-state index in [0.717, 1.165) is 17.7 Å². The zero-order valence-corrected chi connectivity index (χ0v) is 16.4. The van der Waals surface area contributed by atoms with E-state index in [9.17, 15) is 4.79 Å². The molecule has 5 nitrogen and oxygen atoms in total. The molecule has 0 radical (unpaired) electrons. The Morgan fingerprint density at radius 3 is 2.68 bits per heavy atom. The molecule has 1 aliphatic heterocycles. The topological polar surface area (TPSA) is 58.1 Å². The number of halogens is 1. The first-order valence-electron chi connectivity index (χ1n) is 9.29. The summed E-state index contributed by atoms with van der Waals surface area (Å²) in [4.78, 5) is 23.7. The molecule has 2 heterocycles. The zero-order chi connectivity index (χ0) is 19.5. The fourth-order valence-electron chi connectivity index (χ4n) is 3.40. The Morgan fingerprint density at radius 2 is 1.86 bits per heavy atom. The highest BCUT2D eigenvalue weighted by molar-refractivity contribution is 6.31. The van der Waals surface area contributed by atoms with Crippen LogP contribution < -0.4 is 5.32 Å². The van der Waals surface area contributed by atoms with E-state index in [2.05, 4.69) is 27.4 Å². The number of amides is 1. The van der Waals surface area contributed by atoms with Crippen LogP contribution >= 0.6 is 11.6 Å². The first-order valence-corrected chi connectivity index (χ1v) is 9.67. The summed E-state index contributed by atoms with van der Waals surface area (Å²) in [6.45, 7) is 3.67. The van der Waals surface area contributed by atoms with Crippen molar-refractivity contribution in [2.24, 2.45) is 0 Å². The monoisotopic (exact) mass is 392 g/mol. The number of benzene rings is 2. The minimum Gasteiger partial charge on any atom is -0.350 e. The van der Waals surface area contributed by atoms with Crippen molar-refractivity contribution in [2.45, 2.75) is 26.4 Å². The molecule has 4 rings (SSSR count). The molecular weight excluding hydrogens is 372 g/mol. The number of rotatable bonds is 4. The molecule has 0 bridgehead atoms.